The average molecular weight is 372 g/mol. The summed E-state index contributed by atoms with van der Waals surface area (Å²) in [6, 6.07) is 11.2. The summed E-state index contributed by atoms with van der Waals surface area (Å²) in [6.45, 7) is 1.73. The number of aromatic nitrogens is 1. The van der Waals surface area contributed by atoms with Gasteiger partial charge in [0, 0.05) is 18.8 Å². The minimum absolute atomic E-state index is 0.139. The average Bonchev–Trinajstić information content (AvgIpc) is 2.57. The number of rotatable bonds is 5. The maximum absolute atomic E-state index is 12.6. The lowest BCUT2D eigenvalue weighted by atomic mass is 10.2. The number of anilines is 1. The van der Waals surface area contributed by atoms with Crippen LogP contribution < -0.4 is 10.1 Å². The van der Waals surface area contributed by atoms with E-state index in [9.17, 15) is 13.2 Å². The SMILES string of the molecule is CC(=O)Nc1ccc(S(=O)(=O)N2CC(Oc3ncccc3C#N)C2)cc1. The van der Waals surface area contributed by atoms with Crippen molar-refractivity contribution in [2.45, 2.75) is 17.9 Å². The summed E-state index contributed by atoms with van der Waals surface area (Å²) in [5, 5.41) is 11.6. The molecule has 2 aromatic rings. The van der Waals surface area contributed by atoms with Crippen molar-refractivity contribution in [1.82, 2.24) is 9.29 Å². The number of hydrogen-bond acceptors (Lipinski definition) is 6. The Bertz CT molecular complexity index is 961. The molecule has 134 valence electrons. The molecule has 1 N–H and O–H groups in total. The van der Waals surface area contributed by atoms with E-state index in [1.54, 1.807) is 12.1 Å². The Labute approximate surface area is 151 Å². The fourth-order valence-corrected chi connectivity index (χ4v) is 3.97. The number of pyridine rings is 1. The summed E-state index contributed by atoms with van der Waals surface area (Å²) in [5.74, 6) is -0.0219. The van der Waals surface area contributed by atoms with Crippen LogP contribution in [-0.2, 0) is 14.8 Å². The second kappa shape index (κ2) is 7.11. The van der Waals surface area contributed by atoms with E-state index in [0.717, 1.165) is 0 Å². The lowest BCUT2D eigenvalue weighted by Gasteiger charge is -2.37. The summed E-state index contributed by atoms with van der Waals surface area (Å²) < 4.78 is 32.1. The smallest absolute Gasteiger partial charge is 0.243 e. The highest BCUT2D eigenvalue weighted by Crippen LogP contribution is 2.26. The van der Waals surface area contributed by atoms with Gasteiger partial charge in [-0.05, 0) is 36.4 Å². The third kappa shape index (κ3) is 3.66. The van der Waals surface area contributed by atoms with Gasteiger partial charge in [-0.3, -0.25) is 4.79 Å². The minimum Gasteiger partial charge on any atom is -0.471 e. The zero-order chi connectivity index (χ0) is 18.7. The molecule has 1 fully saturated rings. The van der Waals surface area contributed by atoms with Gasteiger partial charge in [-0.25, -0.2) is 13.4 Å². The molecule has 3 rings (SSSR count). The number of sulfonamides is 1. The van der Waals surface area contributed by atoms with Gasteiger partial charge in [0.25, 0.3) is 0 Å². The molecule has 0 unspecified atom stereocenters. The molecular formula is C17H16N4O4S. The van der Waals surface area contributed by atoms with Gasteiger partial charge in [-0.15, -0.1) is 0 Å². The lowest BCUT2D eigenvalue weighted by Crippen LogP contribution is -2.56. The number of nitrogens with zero attached hydrogens (tertiary/aromatic N) is 3. The highest BCUT2D eigenvalue weighted by atomic mass is 32.2. The molecule has 9 heteroatoms. The molecule has 1 saturated heterocycles. The van der Waals surface area contributed by atoms with E-state index < -0.39 is 10.0 Å². The van der Waals surface area contributed by atoms with Crippen LogP contribution in [0.5, 0.6) is 5.88 Å². The van der Waals surface area contributed by atoms with Crippen molar-refractivity contribution in [3.63, 3.8) is 0 Å². The number of benzene rings is 1. The van der Waals surface area contributed by atoms with E-state index >= 15 is 0 Å². The Morgan fingerprint density at radius 2 is 2.00 bits per heavy atom. The predicted octanol–water partition coefficient (Wildman–Crippen LogP) is 1.36. The van der Waals surface area contributed by atoms with Gasteiger partial charge < -0.3 is 10.1 Å². The fourth-order valence-electron chi connectivity index (χ4n) is 2.46. The van der Waals surface area contributed by atoms with E-state index in [4.69, 9.17) is 10.00 Å². The van der Waals surface area contributed by atoms with E-state index in [-0.39, 0.29) is 35.9 Å². The van der Waals surface area contributed by atoms with Crippen LogP contribution in [0.4, 0.5) is 5.69 Å². The molecule has 0 saturated carbocycles. The number of amides is 1. The first-order valence-electron chi connectivity index (χ1n) is 7.80. The number of ether oxygens (including phenoxy) is 1. The number of carbonyl (C=O) groups is 1. The third-order valence-corrected chi connectivity index (χ3v) is 5.64. The third-order valence-electron chi connectivity index (χ3n) is 3.80. The molecule has 0 bridgehead atoms. The molecular weight excluding hydrogens is 356 g/mol. The van der Waals surface area contributed by atoms with Crippen LogP contribution in [-0.4, -0.2) is 42.8 Å². The van der Waals surface area contributed by atoms with Crippen molar-refractivity contribution in [2.24, 2.45) is 0 Å². The second-order valence-electron chi connectivity index (χ2n) is 5.74. The zero-order valence-electron chi connectivity index (χ0n) is 13.9. The van der Waals surface area contributed by atoms with E-state index in [1.807, 2.05) is 6.07 Å². The highest BCUT2D eigenvalue weighted by molar-refractivity contribution is 7.89. The largest absolute Gasteiger partial charge is 0.471 e. The van der Waals surface area contributed by atoms with Gasteiger partial charge >= 0.3 is 0 Å². The van der Waals surface area contributed by atoms with Crippen LogP contribution in [0, 0.1) is 11.3 Å². The number of hydrogen-bond donors (Lipinski definition) is 1. The minimum atomic E-state index is -3.63. The van der Waals surface area contributed by atoms with Crippen molar-refractivity contribution in [1.29, 1.82) is 5.26 Å². The van der Waals surface area contributed by atoms with Gasteiger partial charge in [0.15, 0.2) is 0 Å². The van der Waals surface area contributed by atoms with Crippen molar-refractivity contribution in [2.75, 3.05) is 18.4 Å². The Balaban J connectivity index is 1.64. The zero-order valence-corrected chi connectivity index (χ0v) is 14.7. The van der Waals surface area contributed by atoms with Crippen LogP contribution >= 0.6 is 0 Å². The molecule has 0 atom stereocenters. The maximum Gasteiger partial charge on any atom is 0.243 e. The Kier molecular flexibility index (Phi) is 4.88. The van der Waals surface area contributed by atoms with Gasteiger partial charge in [0.05, 0.1) is 18.0 Å². The molecule has 26 heavy (non-hydrogen) atoms. The Morgan fingerprint density at radius 3 is 2.62 bits per heavy atom. The Hall–Kier alpha value is -2.96. The van der Waals surface area contributed by atoms with Crippen LogP contribution in [0.25, 0.3) is 0 Å². The predicted molar refractivity (Wildman–Crippen MR) is 92.9 cm³/mol. The fraction of sp³-hybridized carbons (Fsp3) is 0.235. The van der Waals surface area contributed by atoms with Crippen molar-refractivity contribution in [3.8, 4) is 11.9 Å². The first kappa shape index (κ1) is 17.8. The van der Waals surface area contributed by atoms with Gasteiger partial charge in [0.2, 0.25) is 21.8 Å². The number of nitrogens with one attached hydrogen (secondary N) is 1. The topological polar surface area (TPSA) is 112 Å². The van der Waals surface area contributed by atoms with Crippen LogP contribution in [0.1, 0.15) is 12.5 Å². The van der Waals surface area contributed by atoms with Crippen LogP contribution in [0.2, 0.25) is 0 Å². The van der Waals surface area contributed by atoms with Gasteiger partial charge in [-0.1, -0.05) is 0 Å². The van der Waals surface area contributed by atoms with Crippen LogP contribution in [0.15, 0.2) is 47.5 Å². The van der Waals surface area contributed by atoms with Crippen molar-refractivity contribution in [3.05, 3.63) is 48.2 Å². The lowest BCUT2D eigenvalue weighted by molar-refractivity contribution is -0.114. The quantitative estimate of drug-likeness (QED) is 0.848. The number of carbonyl (C=O) groups excluding carboxylic acids is 1. The summed E-state index contributed by atoms with van der Waals surface area (Å²) in [7, 11) is -3.63. The van der Waals surface area contributed by atoms with E-state index in [2.05, 4.69) is 10.3 Å². The first-order valence-corrected chi connectivity index (χ1v) is 9.24. The van der Waals surface area contributed by atoms with Gasteiger partial charge in [-0.2, -0.15) is 9.57 Å². The standard InChI is InChI=1S/C17H16N4O4S/c1-12(22)20-14-4-6-16(7-5-14)26(23,24)21-10-15(11-21)25-17-13(9-18)3-2-8-19-17/h2-8,15H,10-11H2,1H3,(H,20,22). The second-order valence-corrected chi connectivity index (χ2v) is 7.67. The summed E-state index contributed by atoms with van der Waals surface area (Å²) >= 11 is 0. The monoisotopic (exact) mass is 372 g/mol. The van der Waals surface area contributed by atoms with Crippen molar-refractivity contribution >= 4 is 21.6 Å². The summed E-state index contributed by atoms with van der Waals surface area (Å²) in [4.78, 5) is 15.2. The normalized spacial score (nSPS) is 14.9. The molecule has 1 aromatic heterocycles. The molecule has 0 aliphatic carbocycles. The molecule has 1 amide bonds. The molecule has 0 radical (unpaired) electrons. The van der Waals surface area contributed by atoms with E-state index in [1.165, 1.54) is 41.7 Å². The van der Waals surface area contributed by atoms with Gasteiger partial charge in [0.1, 0.15) is 17.7 Å². The molecule has 2 heterocycles. The summed E-state index contributed by atoms with van der Waals surface area (Å²) in [5.41, 5.74) is 0.836. The first-order chi connectivity index (χ1) is 12.4. The van der Waals surface area contributed by atoms with Crippen molar-refractivity contribution < 1.29 is 17.9 Å². The molecule has 1 aromatic carbocycles. The molecule has 1 aliphatic rings. The number of nitriles is 1. The molecule has 1 aliphatic heterocycles. The molecule has 0 spiro atoms. The maximum atomic E-state index is 12.6. The Morgan fingerprint density at radius 1 is 1.31 bits per heavy atom. The summed E-state index contributed by atoms with van der Waals surface area (Å²) in [6.07, 6.45) is 1.16. The molecule has 8 nitrogen and oxygen atoms in total. The highest BCUT2D eigenvalue weighted by Gasteiger charge is 2.38. The van der Waals surface area contributed by atoms with E-state index in [0.29, 0.717) is 11.3 Å². The van der Waals surface area contributed by atoms with Crippen LogP contribution in [0.3, 0.4) is 0 Å².